The Hall–Kier alpha value is -2.33. The molecule has 1 aliphatic heterocycles. The van der Waals surface area contributed by atoms with Crippen LogP contribution in [0.4, 0.5) is 5.69 Å². The van der Waals surface area contributed by atoms with Crippen molar-refractivity contribution in [2.24, 2.45) is 0 Å². The fourth-order valence-corrected chi connectivity index (χ4v) is 2.70. The van der Waals surface area contributed by atoms with Crippen LogP contribution < -0.4 is 10.1 Å². The Bertz CT molecular complexity index is 692. The summed E-state index contributed by atoms with van der Waals surface area (Å²) in [6.07, 6.45) is -0.338. The van der Waals surface area contributed by atoms with Crippen LogP contribution in [0.15, 0.2) is 36.4 Å². The molecule has 4 heteroatoms. The van der Waals surface area contributed by atoms with E-state index >= 15 is 0 Å². The lowest BCUT2D eigenvalue weighted by atomic mass is 9.96. The van der Waals surface area contributed by atoms with Gasteiger partial charge in [-0.15, -0.1) is 0 Å². The topological polar surface area (TPSA) is 58.6 Å². The molecule has 1 amide bonds. The molecule has 4 nitrogen and oxygen atoms in total. The minimum absolute atomic E-state index is 0.00388. The molecule has 2 aromatic carbocycles. The van der Waals surface area contributed by atoms with Crippen LogP contribution in [0.25, 0.3) is 0 Å². The van der Waals surface area contributed by atoms with Gasteiger partial charge in [0, 0.05) is 5.69 Å². The van der Waals surface area contributed by atoms with Crippen LogP contribution in [-0.2, 0) is 11.2 Å². The molecule has 21 heavy (non-hydrogen) atoms. The van der Waals surface area contributed by atoms with E-state index in [1.165, 1.54) is 0 Å². The van der Waals surface area contributed by atoms with E-state index in [1.807, 2.05) is 43.3 Å². The zero-order valence-electron chi connectivity index (χ0n) is 12.0. The summed E-state index contributed by atoms with van der Waals surface area (Å²) >= 11 is 0. The molecule has 3 rings (SSSR count). The molecule has 1 aliphatic rings. The maximum Gasteiger partial charge on any atom is 0.228 e. The van der Waals surface area contributed by atoms with Gasteiger partial charge in [-0.05, 0) is 41.3 Å². The van der Waals surface area contributed by atoms with Crippen molar-refractivity contribution in [3.05, 3.63) is 58.7 Å². The monoisotopic (exact) mass is 283 g/mol. The summed E-state index contributed by atoms with van der Waals surface area (Å²) in [6.45, 7) is 1.94. The van der Waals surface area contributed by atoms with Crippen LogP contribution >= 0.6 is 0 Å². The van der Waals surface area contributed by atoms with Crippen molar-refractivity contribution in [2.45, 2.75) is 19.4 Å². The molecule has 0 fully saturated rings. The maximum atomic E-state index is 11.5. The molecule has 0 bridgehead atoms. The summed E-state index contributed by atoms with van der Waals surface area (Å²) in [6, 6.07) is 11.1. The Morgan fingerprint density at radius 1 is 1.19 bits per heavy atom. The minimum Gasteiger partial charge on any atom is -0.497 e. The fourth-order valence-electron chi connectivity index (χ4n) is 2.70. The van der Waals surface area contributed by atoms with Crippen molar-refractivity contribution >= 4 is 11.6 Å². The number of aliphatic hydroxyl groups excluding tert-OH is 1. The zero-order chi connectivity index (χ0) is 15.0. The molecule has 2 N–H and O–H groups in total. The number of methoxy groups -OCH3 is 1. The Morgan fingerprint density at radius 2 is 1.90 bits per heavy atom. The van der Waals surface area contributed by atoms with Gasteiger partial charge in [0.2, 0.25) is 5.91 Å². The number of nitrogens with one attached hydrogen (secondary N) is 1. The Balaban J connectivity index is 1.94. The number of hydrogen-bond donors (Lipinski definition) is 2. The van der Waals surface area contributed by atoms with Gasteiger partial charge in [0.1, 0.15) is 11.9 Å². The van der Waals surface area contributed by atoms with E-state index < -0.39 is 6.10 Å². The first kappa shape index (κ1) is 13.6. The number of rotatable bonds is 3. The van der Waals surface area contributed by atoms with Crippen molar-refractivity contribution in [3.63, 3.8) is 0 Å². The largest absolute Gasteiger partial charge is 0.497 e. The molecular formula is C17H17NO3. The van der Waals surface area contributed by atoms with E-state index in [-0.39, 0.29) is 5.91 Å². The summed E-state index contributed by atoms with van der Waals surface area (Å²) in [7, 11) is 1.61. The first-order valence-corrected chi connectivity index (χ1v) is 6.84. The molecule has 0 saturated carbocycles. The predicted octanol–water partition coefficient (Wildman–Crippen LogP) is 2.58. The summed E-state index contributed by atoms with van der Waals surface area (Å²) in [5, 5.41) is 13.4. The first-order chi connectivity index (χ1) is 10.1. The van der Waals surface area contributed by atoms with Gasteiger partial charge in [-0.1, -0.05) is 24.3 Å². The van der Waals surface area contributed by atoms with Gasteiger partial charge in [-0.2, -0.15) is 0 Å². The third-order valence-electron chi connectivity index (χ3n) is 3.80. The SMILES string of the molecule is COc1ccc(C(O)c2cc(C)c3c(c2)CC(=O)N3)cc1. The van der Waals surface area contributed by atoms with Gasteiger partial charge >= 0.3 is 0 Å². The van der Waals surface area contributed by atoms with Crippen molar-refractivity contribution in [1.29, 1.82) is 0 Å². The van der Waals surface area contributed by atoms with Crippen molar-refractivity contribution < 1.29 is 14.6 Å². The highest BCUT2D eigenvalue weighted by molar-refractivity contribution is 6.00. The summed E-state index contributed by atoms with van der Waals surface area (Å²) < 4.78 is 5.12. The highest BCUT2D eigenvalue weighted by Crippen LogP contribution is 2.32. The van der Waals surface area contributed by atoms with Gasteiger partial charge in [0.15, 0.2) is 0 Å². The molecule has 1 atom stereocenters. The molecule has 1 heterocycles. The van der Waals surface area contributed by atoms with E-state index in [1.54, 1.807) is 7.11 Å². The lowest BCUT2D eigenvalue weighted by Crippen LogP contribution is -2.04. The molecule has 0 aromatic heterocycles. The number of ether oxygens (including phenoxy) is 1. The zero-order valence-corrected chi connectivity index (χ0v) is 12.0. The van der Waals surface area contributed by atoms with Crippen LogP contribution in [-0.4, -0.2) is 18.1 Å². The Morgan fingerprint density at radius 3 is 2.57 bits per heavy atom. The number of aryl methyl sites for hydroxylation is 1. The lowest BCUT2D eigenvalue weighted by molar-refractivity contribution is -0.115. The minimum atomic E-state index is -0.712. The standard InChI is InChI=1S/C17H17NO3/c1-10-7-13(8-12-9-15(19)18-16(10)12)17(20)11-3-5-14(21-2)6-4-11/h3-8,17,20H,9H2,1-2H3,(H,18,19). The number of carbonyl (C=O) groups excluding carboxylic acids is 1. The fraction of sp³-hybridized carbons (Fsp3) is 0.235. The predicted molar refractivity (Wildman–Crippen MR) is 80.6 cm³/mol. The van der Waals surface area contributed by atoms with Crippen molar-refractivity contribution in [1.82, 2.24) is 0 Å². The second-order valence-corrected chi connectivity index (χ2v) is 5.27. The molecule has 0 aliphatic carbocycles. The van der Waals surface area contributed by atoms with Crippen LogP contribution in [0.2, 0.25) is 0 Å². The van der Waals surface area contributed by atoms with E-state index in [0.29, 0.717) is 6.42 Å². The third kappa shape index (κ3) is 2.50. The van der Waals surface area contributed by atoms with E-state index in [9.17, 15) is 9.90 Å². The normalized spacial score (nSPS) is 14.5. The second-order valence-electron chi connectivity index (χ2n) is 5.27. The van der Waals surface area contributed by atoms with E-state index in [0.717, 1.165) is 33.7 Å². The quantitative estimate of drug-likeness (QED) is 0.910. The van der Waals surface area contributed by atoms with E-state index in [4.69, 9.17) is 4.74 Å². The molecule has 0 spiro atoms. The van der Waals surface area contributed by atoms with Crippen molar-refractivity contribution in [3.8, 4) is 5.75 Å². The summed E-state index contributed by atoms with van der Waals surface area (Å²) in [4.78, 5) is 11.5. The number of hydrogen-bond acceptors (Lipinski definition) is 3. The van der Waals surface area contributed by atoms with Crippen LogP contribution in [0, 0.1) is 6.92 Å². The molecule has 1 unspecified atom stereocenters. The average Bonchev–Trinajstić information content (AvgIpc) is 2.87. The number of benzene rings is 2. The van der Waals surface area contributed by atoms with Crippen LogP contribution in [0.3, 0.4) is 0 Å². The molecule has 2 aromatic rings. The number of anilines is 1. The highest BCUT2D eigenvalue weighted by atomic mass is 16.5. The number of amides is 1. The van der Waals surface area contributed by atoms with Gasteiger partial charge in [0.25, 0.3) is 0 Å². The average molecular weight is 283 g/mol. The van der Waals surface area contributed by atoms with Crippen LogP contribution in [0.1, 0.15) is 28.4 Å². The molecule has 0 saturated heterocycles. The van der Waals surface area contributed by atoms with Gasteiger partial charge in [-0.3, -0.25) is 4.79 Å². The summed E-state index contributed by atoms with van der Waals surface area (Å²) in [5.41, 5.74) is 4.40. The smallest absolute Gasteiger partial charge is 0.228 e. The lowest BCUT2D eigenvalue weighted by Gasteiger charge is -2.15. The first-order valence-electron chi connectivity index (χ1n) is 6.84. The van der Waals surface area contributed by atoms with Gasteiger partial charge < -0.3 is 15.2 Å². The van der Waals surface area contributed by atoms with Gasteiger partial charge in [-0.25, -0.2) is 0 Å². The van der Waals surface area contributed by atoms with Crippen LogP contribution in [0.5, 0.6) is 5.75 Å². The third-order valence-corrected chi connectivity index (χ3v) is 3.80. The highest BCUT2D eigenvalue weighted by Gasteiger charge is 2.22. The Labute approximate surface area is 123 Å². The number of fused-ring (bicyclic) bond motifs is 1. The van der Waals surface area contributed by atoms with Crippen molar-refractivity contribution in [2.75, 3.05) is 12.4 Å². The van der Waals surface area contributed by atoms with E-state index in [2.05, 4.69) is 5.32 Å². The number of aliphatic hydroxyl groups is 1. The summed E-state index contributed by atoms with van der Waals surface area (Å²) in [5.74, 6) is 0.759. The molecule has 108 valence electrons. The molecular weight excluding hydrogens is 266 g/mol. The maximum absolute atomic E-state index is 11.5. The Kier molecular flexibility index (Phi) is 3.39. The molecule has 0 radical (unpaired) electrons. The second kappa shape index (κ2) is 5.22. The van der Waals surface area contributed by atoms with Gasteiger partial charge in [0.05, 0.1) is 13.5 Å². The number of carbonyl (C=O) groups is 1.